The molecule has 0 bridgehead atoms. The zero-order valence-electron chi connectivity index (χ0n) is 9.54. The average molecular weight is 257 g/mol. The number of alkyl halides is 2. The van der Waals surface area contributed by atoms with E-state index in [1.807, 2.05) is 0 Å². The number of hydrogen-bond acceptors (Lipinski definition) is 3. The van der Waals surface area contributed by atoms with Crippen LogP contribution in [0.25, 0.3) is 0 Å². The van der Waals surface area contributed by atoms with Gasteiger partial charge in [0.15, 0.2) is 0 Å². The molecule has 0 fully saturated rings. The Morgan fingerprint density at radius 1 is 1.50 bits per heavy atom. The third kappa shape index (κ3) is 3.23. The molecule has 0 aliphatic heterocycles. The van der Waals surface area contributed by atoms with Crippen molar-refractivity contribution in [3.63, 3.8) is 0 Å². The van der Waals surface area contributed by atoms with Crippen molar-refractivity contribution in [3.05, 3.63) is 34.6 Å². The van der Waals surface area contributed by atoms with Crippen LogP contribution in [0.5, 0.6) is 0 Å². The van der Waals surface area contributed by atoms with Gasteiger partial charge in [-0.05, 0) is 24.6 Å². The maximum absolute atomic E-state index is 13.2. The molecular formula is C12H10F3NO2. The Balaban J connectivity index is 3.13. The van der Waals surface area contributed by atoms with Gasteiger partial charge in [0, 0.05) is 0 Å². The van der Waals surface area contributed by atoms with Crippen molar-refractivity contribution in [1.29, 1.82) is 5.26 Å². The van der Waals surface area contributed by atoms with Gasteiger partial charge in [-0.2, -0.15) is 5.26 Å². The highest BCUT2D eigenvalue weighted by Gasteiger charge is 2.18. The minimum absolute atomic E-state index is 0.0349. The minimum atomic E-state index is -3.00. The standard InChI is InChI=1S/C12H10F3NO2/c1-2-18-11(17)5-7-3-9(12(14)15)10(13)4-8(7)6-16/h3-4,12H,2,5H2,1H3. The lowest BCUT2D eigenvalue weighted by Crippen LogP contribution is -2.09. The summed E-state index contributed by atoms with van der Waals surface area (Å²) in [4.78, 5) is 11.2. The van der Waals surface area contributed by atoms with Crippen LogP contribution in [-0.4, -0.2) is 12.6 Å². The summed E-state index contributed by atoms with van der Waals surface area (Å²) < 4.78 is 42.8. The molecule has 96 valence electrons. The van der Waals surface area contributed by atoms with E-state index in [0.717, 1.165) is 6.07 Å². The lowest BCUT2D eigenvalue weighted by molar-refractivity contribution is -0.142. The van der Waals surface area contributed by atoms with Crippen LogP contribution in [0.2, 0.25) is 0 Å². The fraction of sp³-hybridized carbons (Fsp3) is 0.333. The second kappa shape index (κ2) is 6.05. The molecule has 1 aromatic carbocycles. The Morgan fingerprint density at radius 3 is 2.67 bits per heavy atom. The minimum Gasteiger partial charge on any atom is -0.466 e. The van der Waals surface area contributed by atoms with Gasteiger partial charge < -0.3 is 4.74 Å². The zero-order chi connectivity index (χ0) is 13.7. The number of ether oxygens (including phenoxy) is 1. The molecule has 0 saturated heterocycles. The molecule has 0 saturated carbocycles. The van der Waals surface area contributed by atoms with Crippen LogP contribution in [-0.2, 0) is 16.0 Å². The summed E-state index contributed by atoms with van der Waals surface area (Å²) in [5, 5.41) is 8.76. The van der Waals surface area contributed by atoms with Gasteiger partial charge in [0.1, 0.15) is 5.82 Å². The molecule has 1 rings (SSSR count). The van der Waals surface area contributed by atoms with Gasteiger partial charge >= 0.3 is 5.97 Å². The molecule has 0 amide bonds. The lowest BCUT2D eigenvalue weighted by atomic mass is 10.0. The van der Waals surface area contributed by atoms with Crippen molar-refractivity contribution in [2.75, 3.05) is 6.61 Å². The Kier molecular flexibility index (Phi) is 4.72. The van der Waals surface area contributed by atoms with Gasteiger partial charge in [0.25, 0.3) is 6.43 Å². The van der Waals surface area contributed by atoms with Gasteiger partial charge in [-0.25, -0.2) is 13.2 Å². The number of carbonyl (C=O) groups is 1. The first-order valence-electron chi connectivity index (χ1n) is 5.15. The first-order valence-corrected chi connectivity index (χ1v) is 5.15. The highest BCUT2D eigenvalue weighted by atomic mass is 19.3. The molecule has 0 heterocycles. The number of nitrogens with zero attached hydrogens (tertiary/aromatic N) is 1. The van der Waals surface area contributed by atoms with E-state index in [2.05, 4.69) is 4.74 Å². The highest BCUT2D eigenvalue weighted by molar-refractivity contribution is 5.73. The van der Waals surface area contributed by atoms with Crippen LogP contribution in [0, 0.1) is 17.1 Å². The van der Waals surface area contributed by atoms with Gasteiger partial charge in [-0.1, -0.05) is 0 Å². The summed E-state index contributed by atoms with van der Waals surface area (Å²) in [6.07, 6.45) is -3.34. The molecule has 1 aromatic rings. The smallest absolute Gasteiger partial charge is 0.310 e. The van der Waals surface area contributed by atoms with E-state index in [4.69, 9.17) is 5.26 Å². The second-order valence-electron chi connectivity index (χ2n) is 3.43. The Morgan fingerprint density at radius 2 is 2.17 bits per heavy atom. The van der Waals surface area contributed by atoms with Crippen LogP contribution in [0.1, 0.15) is 30.0 Å². The maximum atomic E-state index is 13.2. The van der Waals surface area contributed by atoms with Crippen molar-refractivity contribution in [2.45, 2.75) is 19.8 Å². The molecule has 0 aliphatic rings. The van der Waals surface area contributed by atoms with Crippen LogP contribution < -0.4 is 0 Å². The number of carbonyl (C=O) groups excluding carboxylic acids is 1. The number of halogens is 3. The first kappa shape index (κ1) is 14.0. The number of hydrogen-bond donors (Lipinski definition) is 0. The largest absolute Gasteiger partial charge is 0.466 e. The van der Waals surface area contributed by atoms with E-state index in [9.17, 15) is 18.0 Å². The monoisotopic (exact) mass is 257 g/mol. The van der Waals surface area contributed by atoms with E-state index in [1.54, 1.807) is 13.0 Å². The van der Waals surface area contributed by atoms with Gasteiger partial charge in [-0.15, -0.1) is 0 Å². The first-order chi connectivity index (χ1) is 8.49. The SMILES string of the molecule is CCOC(=O)Cc1cc(C(F)F)c(F)cc1C#N. The predicted octanol–water partition coefficient (Wildman–Crippen LogP) is 2.74. The quantitative estimate of drug-likeness (QED) is 0.779. The average Bonchev–Trinajstić information content (AvgIpc) is 2.30. The van der Waals surface area contributed by atoms with E-state index < -0.39 is 23.8 Å². The summed E-state index contributed by atoms with van der Waals surface area (Å²) in [5.41, 5.74) is -0.939. The Bertz CT molecular complexity index is 495. The predicted molar refractivity (Wildman–Crippen MR) is 56.4 cm³/mol. The fourth-order valence-electron chi connectivity index (χ4n) is 1.42. The van der Waals surface area contributed by atoms with Gasteiger partial charge in [-0.3, -0.25) is 4.79 Å². The molecule has 0 radical (unpaired) electrons. The fourth-order valence-corrected chi connectivity index (χ4v) is 1.42. The van der Waals surface area contributed by atoms with Crippen molar-refractivity contribution in [1.82, 2.24) is 0 Å². The summed E-state index contributed by atoms with van der Waals surface area (Å²) >= 11 is 0. The number of rotatable bonds is 4. The summed E-state index contributed by atoms with van der Waals surface area (Å²) in [6.45, 7) is 1.74. The van der Waals surface area contributed by atoms with Crippen LogP contribution in [0.15, 0.2) is 12.1 Å². The van der Waals surface area contributed by atoms with Gasteiger partial charge in [0.05, 0.1) is 30.2 Å². The molecule has 0 aliphatic carbocycles. The van der Waals surface area contributed by atoms with Crippen molar-refractivity contribution in [2.24, 2.45) is 0 Å². The Labute approximate surface area is 102 Å². The van der Waals surface area contributed by atoms with Crippen molar-refractivity contribution < 1.29 is 22.7 Å². The molecule has 0 aromatic heterocycles. The summed E-state index contributed by atoms with van der Waals surface area (Å²) in [5.74, 6) is -1.81. The number of esters is 1. The van der Waals surface area contributed by atoms with Crippen molar-refractivity contribution in [3.8, 4) is 6.07 Å². The molecule has 0 spiro atoms. The number of nitriles is 1. The molecule has 6 heteroatoms. The molecule has 3 nitrogen and oxygen atoms in total. The van der Waals surface area contributed by atoms with E-state index in [1.165, 1.54) is 0 Å². The van der Waals surface area contributed by atoms with E-state index >= 15 is 0 Å². The highest BCUT2D eigenvalue weighted by Crippen LogP contribution is 2.25. The molecule has 0 N–H and O–H groups in total. The summed E-state index contributed by atoms with van der Waals surface area (Å²) in [7, 11) is 0. The molecule has 0 unspecified atom stereocenters. The van der Waals surface area contributed by atoms with Crippen LogP contribution in [0.3, 0.4) is 0 Å². The molecule has 0 atom stereocenters. The third-order valence-electron chi connectivity index (χ3n) is 2.22. The Hall–Kier alpha value is -2.03. The van der Waals surface area contributed by atoms with Crippen LogP contribution >= 0.6 is 0 Å². The van der Waals surface area contributed by atoms with Crippen molar-refractivity contribution >= 4 is 5.97 Å². The van der Waals surface area contributed by atoms with Gasteiger partial charge in [0.2, 0.25) is 0 Å². The number of benzene rings is 1. The summed E-state index contributed by atoms with van der Waals surface area (Å²) in [6, 6.07) is 3.19. The molecule has 18 heavy (non-hydrogen) atoms. The normalized spacial score (nSPS) is 10.2. The topological polar surface area (TPSA) is 50.1 Å². The van der Waals surface area contributed by atoms with E-state index in [0.29, 0.717) is 6.07 Å². The van der Waals surface area contributed by atoms with E-state index in [-0.39, 0.29) is 24.2 Å². The molecular weight excluding hydrogens is 247 g/mol. The maximum Gasteiger partial charge on any atom is 0.310 e. The lowest BCUT2D eigenvalue weighted by Gasteiger charge is -2.08. The van der Waals surface area contributed by atoms with Crippen LogP contribution in [0.4, 0.5) is 13.2 Å². The second-order valence-corrected chi connectivity index (χ2v) is 3.43. The zero-order valence-corrected chi connectivity index (χ0v) is 9.54. The third-order valence-corrected chi connectivity index (χ3v) is 2.22.